The summed E-state index contributed by atoms with van der Waals surface area (Å²) < 4.78 is 0. The predicted molar refractivity (Wildman–Crippen MR) is 106 cm³/mol. The topological polar surface area (TPSA) is 113 Å². The van der Waals surface area contributed by atoms with Gasteiger partial charge in [0.15, 0.2) is 0 Å². The van der Waals surface area contributed by atoms with Crippen molar-refractivity contribution in [2.75, 3.05) is 17.2 Å². The monoisotopic (exact) mass is 368 g/mol. The molecule has 0 fully saturated rings. The van der Waals surface area contributed by atoms with Gasteiger partial charge in [-0.1, -0.05) is 18.2 Å². The van der Waals surface area contributed by atoms with E-state index in [0.717, 1.165) is 0 Å². The number of nitrogens with two attached hydrogens (primary N) is 1. The molecule has 0 aromatic heterocycles. The fourth-order valence-electron chi connectivity index (χ4n) is 2.37. The minimum atomic E-state index is -0.614. The Morgan fingerprint density at radius 2 is 1.70 bits per heavy atom. The van der Waals surface area contributed by atoms with E-state index in [-0.39, 0.29) is 29.5 Å². The molecule has 142 valence electrons. The lowest BCUT2D eigenvalue weighted by molar-refractivity contribution is -0.114. The summed E-state index contributed by atoms with van der Waals surface area (Å²) in [6.45, 7) is 5.68. The summed E-state index contributed by atoms with van der Waals surface area (Å²) in [5.74, 6) is -1.14. The van der Waals surface area contributed by atoms with Crippen LogP contribution in [0.25, 0.3) is 0 Å². The van der Waals surface area contributed by atoms with Crippen molar-refractivity contribution in [2.24, 2.45) is 5.73 Å². The normalized spacial score (nSPS) is 10.8. The number of para-hydroxylation sites is 1. The van der Waals surface area contributed by atoms with Crippen molar-refractivity contribution < 1.29 is 14.4 Å². The molecule has 2 rings (SSSR count). The van der Waals surface area contributed by atoms with E-state index in [1.54, 1.807) is 48.5 Å². The minimum absolute atomic E-state index is 0.0303. The smallest absolute Gasteiger partial charge is 0.251 e. The van der Waals surface area contributed by atoms with Crippen LogP contribution < -0.4 is 21.7 Å². The number of nitrogens with one attached hydrogen (secondary N) is 3. The quantitative estimate of drug-likeness (QED) is 0.627. The van der Waals surface area contributed by atoms with E-state index in [4.69, 9.17) is 5.73 Å². The van der Waals surface area contributed by atoms with Crippen LogP contribution in [-0.2, 0) is 4.79 Å². The molecule has 0 saturated carbocycles. The molecule has 2 aromatic rings. The van der Waals surface area contributed by atoms with Crippen LogP contribution in [0, 0.1) is 0 Å². The van der Waals surface area contributed by atoms with Crippen LogP contribution in [0.4, 0.5) is 11.4 Å². The van der Waals surface area contributed by atoms with Crippen molar-refractivity contribution in [2.45, 2.75) is 26.3 Å². The van der Waals surface area contributed by atoms with Gasteiger partial charge in [0.1, 0.15) is 0 Å². The first kappa shape index (κ1) is 20.0. The SMILES string of the molecule is CC(C)(C)NC(=O)c1cccc(NCC(=O)Nc2ccccc2C(N)=O)c1. The van der Waals surface area contributed by atoms with E-state index in [1.165, 1.54) is 0 Å². The molecule has 5 N–H and O–H groups in total. The average Bonchev–Trinajstić information content (AvgIpc) is 2.59. The van der Waals surface area contributed by atoms with E-state index in [1.807, 2.05) is 20.8 Å². The van der Waals surface area contributed by atoms with Crippen LogP contribution in [0.5, 0.6) is 0 Å². The molecule has 7 heteroatoms. The highest BCUT2D eigenvalue weighted by atomic mass is 16.2. The molecule has 0 heterocycles. The number of carbonyl (C=O) groups is 3. The Hall–Kier alpha value is -3.35. The van der Waals surface area contributed by atoms with E-state index in [9.17, 15) is 14.4 Å². The standard InChI is InChI=1S/C20H24N4O3/c1-20(2,3)24-19(27)13-7-6-8-14(11-13)22-12-17(25)23-16-10-5-4-9-15(16)18(21)26/h4-11,22H,12H2,1-3H3,(H2,21,26)(H,23,25)(H,24,27). The maximum atomic E-state index is 12.2. The van der Waals surface area contributed by atoms with Crippen LogP contribution in [0.2, 0.25) is 0 Å². The van der Waals surface area contributed by atoms with Gasteiger partial charge in [0.2, 0.25) is 5.91 Å². The first-order valence-corrected chi connectivity index (χ1v) is 8.51. The zero-order valence-corrected chi connectivity index (χ0v) is 15.6. The molecule has 0 aliphatic carbocycles. The summed E-state index contributed by atoms with van der Waals surface area (Å²) in [7, 11) is 0. The fraction of sp³-hybridized carbons (Fsp3) is 0.250. The number of primary amides is 1. The summed E-state index contributed by atoms with van der Waals surface area (Å²) >= 11 is 0. The molecule has 7 nitrogen and oxygen atoms in total. The maximum Gasteiger partial charge on any atom is 0.251 e. The van der Waals surface area contributed by atoms with Crippen LogP contribution >= 0.6 is 0 Å². The third kappa shape index (κ3) is 6.14. The van der Waals surface area contributed by atoms with Crippen molar-refractivity contribution in [3.05, 3.63) is 59.7 Å². The number of hydrogen-bond donors (Lipinski definition) is 4. The van der Waals surface area contributed by atoms with Gasteiger partial charge >= 0.3 is 0 Å². The molecule has 0 radical (unpaired) electrons. The Bertz CT molecular complexity index is 856. The van der Waals surface area contributed by atoms with Crippen LogP contribution in [-0.4, -0.2) is 29.8 Å². The molecule has 0 aliphatic heterocycles. The van der Waals surface area contributed by atoms with Crippen molar-refractivity contribution in [1.29, 1.82) is 0 Å². The molecular formula is C20H24N4O3. The molecule has 2 aromatic carbocycles. The minimum Gasteiger partial charge on any atom is -0.376 e. The van der Waals surface area contributed by atoms with E-state index in [0.29, 0.717) is 16.9 Å². The Morgan fingerprint density at radius 1 is 1.00 bits per heavy atom. The Balaban J connectivity index is 1.99. The van der Waals surface area contributed by atoms with Gasteiger partial charge in [-0.3, -0.25) is 14.4 Å². The molecule has 0 aliphatic rings. The van der Waals surface area contributed by atoms with Crippen LogP contribution in [0.3, 0.4) is 0 Å². The van der Waals surface area contributed by atoms with E-state index >= 15 is 0 Å². The van der Waals surface area contributed by atoms with Gasteiger partial charge in [0.25, 0.3) is 11.8 Å². The molecule has 0 bridgehead atoms. The number of carbonyl (C=O) groups excluding carboxylic acids is 3. The largest absolute Gasteiger partial charge is 0.376 e. The number of rotatable bonds is 6. The van der Waals surface area contributed by atoms with Gasteiger partial charge in [-0.25, -0.2) is 0 Å². The molecule has 0 saturated heterocycles. The molecule has 27 heavy (non-hydrogen) atoms. The zero-order valence-electron chi connectivity index (χ0n) is 15.6. The van der Waals surface area contributed by atoms with Gasteiger partial charge in [0, 0.05) is 16.8 Å². The highest BCUT2D eigenvalue weighted by Gasteiger charge is 2.15. The second-order valence-electron chi connectivity index (χ2n) is 7.10. The van der Waals surface area contributed by atoms with Gasteiger partial charge < -0.3 is 21.7 Å². The van der Waals surface area contributed by atoms with E-state index < -0.39 is 5.91 Å². The third-order valence-corrected chi connectivity index (χ3v) is 3.53. The highest BCUT2D eigenvalue weighted by Crippen LogP contribution is 2.15. The molecule has 0 spiro atoms. The number of amides is 3. The number of anilines is 2. The van der Waals surface area contributed by atoms with Crippen LogP contribution in [0.1, 0.15) is 41.5 Å². The number of benzene rings is 2. The molecular weight excluding hydrogens is 344 g/mol. The van der Waals surface area contributed by atoms with Crippen molar-refractivity contribution >= 4 is 29.1 Å². The average molecular weight is 368 g/mol. The second-order valence-corrected chi connectivity index (χ2v) is 7.10. The lowest BCUT2D eigenvalue weighted by Crippen LogP contribution is -2.40. The lowest BCUT2D eigenvalue weighted by Gasteiger charge is -2.20. The van der Waals surface area contributed by atoms with Crippen molar-refractivity contribution in [1.82, 2.24) is 5.32 Å². The summed E-state index contributed by atoms with van der Waals surface area (Å²) in [6, 6.07) is 13.4. The van der Waals surface area contributed by atoms with Crippen LogP contribution in [0.15, 0.2) is 48.5 Å². The van der Waals surface area contributed by atoms with Crippen molar-refractivity contribution in [3.8, 4) is 0 Å². The second kappa shape index (κ2) is 8.35. The summed E-state index contributed by atoms with van der Waals surface area (Å²) in [6.07, 6.45) is 0. The van der Waals surface area contributed by atoms with Gasteiger partial charge in [-0.2, -0.15) is 0 Å². The summed E-state index contributed by atoms with van der Waals surface area (Å²) in [5.41, 5.74) is 6.69. The Kier molecular flexibility index (Phi) is 6.18. The van der Waals surface area contributed by atoms with Crippen molar-refractivity contribution in [3.63, 3.8) is 0 Å². The third-order valence-electron chi connectivity index (χ3n) is 3.53. The maximum absolute atomic E-state index is 12.2. The molecule has 0 atom stereocenters. The molecule has 0 unspecified atom stereocenters. The van der Waals surface area contributed by atoms with Gasteiger partial charge in [0.05, 0.1) is 17.8 Å². The lowest BCUT2D eigenvalue weighted by atomic mass is 10.1. The van der Waals surface area contributed by atoms with E-state index in [2.05, 4.69) is 16.0 Å². The summed E-state index contributed by atoms with van der Waals surface area (Å²) in [4.78, 5) is 35.8. The molecule has 3 amide bonds. The van der Waals surface area contributed by atoms with Gasteiger partial charge in [-0.05, 0) is 51.1 Å². The first-order chi connectivity index (χ1) is 12.7. The Morgan fingerprint density at radius 3 is 2.37 bits per heavy atom. The highest BCUT2D eigenvalue weighted by molar-refractivity contribution is 6.03. The van der Waals surface area contributed by atoms with Gasteiger partial charge in [-0.15, -0.1) is 0 Å². The first-order valence-electron chi connectivity index (χ1n) is 8.51. The number of hydrogen-bond acceptors (Lipinski definition) is 4. The summed E-state index contributed by atoms with van der Waals surface area (Å²) in [5, 5.41) is 8.50. The predicted octanol–water partition coefficient (Wildman–Crippen LogP) is 2.36. The zero-order chi connectivity index (χ0) is 20.0. The Labute approximate surface area is 158 Å². The fourth-order valence-corrected chi connectivity index (χ4v) is 2.37.